The van der Waals surface area contributed by atoms with Gasteiger partial charge in [0.2, 0.25) is 4.96 Å². The van der Waals surface area contributed by atoms with Gasteiger partial charge in [0.15, 0.2) is 5.82 Å². The number of anilines is 1. The third kappa shape index (κ3) is 4.64. The van der Waals surface area contributed by atoms with Crippen LogP contribution < -0.4 is 10.6 Å². The number of fused-ring (bicyclic) bond motifs is 1. The van der Waals surface area contributed by atoms with Gasteiger partial charge in [0.1, 0.15) is 0 Å². The molecule has 0 saturated carbocycles. The quantitative estimate of drug-likeness (QED) is 0.455. The van der Waals surface area contributed by atoms with E-state index in [0.29, 0.717) is 24.5 Å². The Morgan fingerprint density at radius 1 is 1.10 bits per heavy atom. The molecular weight excluding hydrogens is 410 g/mol. The molecule has 8 heteroatoms. The number of amides is 2. The first-order valence-electron chi connectivity index (χ1n) is 10.1. The van der Waals surface area contributed by atoms with Gasteiger partial charge >= 0.3 is 11.8 Å². The number of carbonyl (C=O) groups excluding carboxylic acids is 2. The molecule has 0 aliphatic rings. The monoisotopic (exact) mass is 433 g/mol. The van der Waals surface area contributed by atoms with Crippen LogP contribution in [0.5, 0.6) is 0 Å². The van der Waals surface area contributed by atoms with E-state index in [1.807, 2.05) is 55.6 Å². The molecule has 7 nitrogen and oxygen atoms in total. The van der Waals surface area contributed by atoms with Gasteiger partial charge in [-0.2, -0.15) is 4.98 Å². The molecule has 2 N–H and O–H groups in total. The number of para-hydroxylation sites is 1. The second-order valence-electron chi connectivity index (χ2n) is 7.20. The lowest BCUT2D eigenvalue weighted by Gasteiger charge is -2.09. The van der Waals surface area contributed by atoms with E-state index in [1.165, 1.54) is 11.3 Å². The lowest BCUT2D eigenvalue weighted by Crippen LogP contribution is -2.36. The number of nitrogens with one attached hydrogen (secondary N) is 2. The highest BCUT2D eigenvalue weighted by molar-refractivity contribution is 7.15. The SMILES string of the molecule is CCc1ccccc1NC(=O)C(=O)NCCc1csc2nc(-c3cccc(C)c3)nn12. The van der Waals surface area contributed by atoms with Crippen LogP contribution in [0.15, 0.2) is 53.9 Å². The zero-order valence-electron chi connectivity index (χ0n) is 17.4. The zero-order valence-corrected chi connectivity index (χ0v) is 18.2. The summed E-state index contributed by atoms with van der Waals surface area (Å²) in [5.41, 5.74) is 4.71. The van der Waals surface area contributed by atoms with Crippen molar-refractivity contribution in [3.05, 3.63) is 70.7 Å². The average Bonchev–Trinajstić information content (AvgIpc) is 3.36. The number of rotatable bonds is 6. The molecule has 4 aromatic rings. The van der Waals surface area contributed by atoms with Gasteiger partial charge in [0, 0.05) is 29.6 Å². The predicted octanol–water partition coefficient (Wildman–Crippen LogP) is 3.63. The molecule has 4 rings (SSSR count). The maximum atomic E-state index is 12.2. The van der Waals surface area contributed by atoms with Crippen LogP contribution in [0.2, 0.25) is 0 Å². The number of hydrogen-bond donors (Lipinski definition) is 2. The van der Waals surface area contributed by atoms with E-state index in [0.717, 1.165) is 33.8 Å². The Morgan fingerprint density at radius 2 is 1.94 bits per heavy atom. The van der Waals surface area contributed by atoms with Crippen molar-refractivity contribution in [2.75, 3.05) is 11.9 Å². The largest absolute Gasteiger partial charge is 0.347 e. The van der Waals surface area contributed by atoms with E-state index in [-0.39, 0.29) is 0 Å². The molecule has 0 aliphatic carbocycles. The summed E-state index contributed by atoms with van der Waals surface area (Å²) in [4.78, 5) is 29.8. The molecule has 2 aromatic heterocycles. The van der Waals surface area contributed by atoms with Crippen molar-refractivity contribution in [1.82, 2.24) is 19.9 Å². The van der Waals surface area contributed by atoms with Crippen LogP contribution in [0.3, 0.4) is 0 Å². The van der Waals surface area contributed by atoms with Crippen molar-refractivity contribution in [3.63, 3.8) is 0 Å². The van der Waals surface area contributed by atoms with Crippen LogP contribution >= 0.6 is 11.3 Å². The summed E-state index contributed by atoms with van der Waals surface area (Å²) in [5.74, 6) is -0.648. The summed E-state index contributed by atoms with van der Waals surface area (Å²) < 4.78 is 1.80. The summed E-state index contributed by atoms with van der Waals surface area (Å²) in [7, 11) is 0. The highest BCUT2D eigenvalue weighted by Crippen LogP contribution is 2.21. The number of thiazole rings is 1. The fourth-order valence-electron chi connectivity index (χ4n) is 3.32. The molecule has 0 radical (unpaired) electrons. The van der Waals surface area contributed by atoms with Crippen molar-refractivity contribution in [1.29, 1.82) is 0 Å². The maximum absolute atomic E-state index is 12.2. The van der Waals surface area contributed by atoms with E-state index in [1.54, 1.807) is 10.6 Å². The number of aromatic nitrogens is 3. The summed E-state index contributed by atoms with van der Waals surface area (Å²) in [6, 6.07) is 15.5. The molecule has 0 saturated heterocycles. The normalized spacial score (nSPS) is 10.9. The first kappa shape index (κ1) is 20.7. The number of hydrogen-bond acceptors (Lipinski definition) is 5. The standard InChI is InChI=1S/C23H23N5O2S/c1-3-16-8-4-5-10-19(16)25-22(30)21(29)24-12-11-18-14-31-23-26-20(27-28(18)23)17-9-6-7-15(2)13-17/h4-10,13-14H,3,11-12H2,1-2H3,(H,24,29)(H,25,30). The zero-order chi connectivity index (χ0) is 21.8. The third-order valence-electron chi connectivity index (χ3n) is 4.95. The molecule has 0 bridgehead atoms. The molecule has 158 valence electrons. The van der Waals surface area contributed by atoms with E-state index in [9.17, 15) is 9.59 Å². The molecular formula is C23H23N5O2S. The molecule has 0 fully saturated rings. The molecule has 0 atom stereocenters. The Balaban J connectivity index is 1.37. The Morgan fingerprint density at radius 3 is 2.74 bits per heavy atom. The van der Waals surface area contributed by atoms with E-state index >= 15 is 0 Å². The van der Waals surface area contributed by atoms with E-state index in [2.05, 4.69) is 26.8 Å². The predicted molar refractivity (Wildman–Crippen MR) is 122 cm³/mol. The van der Waals surface area contributed by atoms with Gasteiger partial charge in [0.25, 0.3) is 0 Å². The lowest BCUT2D eigenvalue weighted by atomic mass is 10.1. The fraction of sp³-hybridized carbons (Fsp3) is 0.217. The summed E-state index contributed by atoms with van der Waals surface area (Å²) >= 11 is 1.50. The average molecular weight is 434 g/mol. The van der Waals surface area contributed by atoms with Crippen molar-refractivity contribution >= 4 is 33.8 Å². The molecule has 0 aliphatic heterocycles. The maximum Gasteiger partial charge on any atom is 0.313 e. The minimum atomic E-state index is -0.668. The van der Waals surface area contributed by atoms with Crippen molar-refractivity contribution in [2.45, 2.75) is 26.7 Å². The number of benzene rings is 2. The van der Waals surface area contributed by atoms with Crippen molar-refractivity contribution < 1.29 is 9.59 Å². The summed E-state index contributed by atoms with van der Waals surface area (Å²) in [5, 5.41) is 12.0. The first-order chi connectivity index (χ1) is 15.0. The topological polar surface area (TPSA) is 88.4 Å². The molecule has 2 amide bonds. The smallest absolute Gasteiger partial charge is 0.313 e. The Hall–Kier alpha value is -3.52. The van der Waals surface area contributed by atoms with Crippen molar-refractivity contribution in [3.8, 4) is 11.4 Å². The second kappa shape index (κ2) is 9.09. The number of aryl methyl sites for hydroxylation is 2. The van der Waals surface area contributed by atoms with Crippen LogP contribution in [0.1, 0.15) is 23.7 Å². The van der Waals surface area contributed by atoms with Gasteiger partial charge in [-0.25, -0.2) is 4.52 Å². The van der Waals surface area contributed by atoms with E-state index in [4.69, 9.17) is 0 Å². The summed E-state index contributed by atoms with van der Waals surface area (Å²) in [6.07, 6.45) is 1.32. The highest BCUT2D eigenvalue weighted by Gasteiger charge is 2.16. The number of nitrogens with zero attached hydrogens (tertiary/aromatic N) is 3. The minimum absolute atomic E-state index is 0.327. The van der Waals surface area contributed by atoms with Gasteiger partial charge in [-0.15, -0.1) is 16.4 Å². The Bertz CT molecular complexity index is 1240. The van der Waals surface area contributed by atoms with Crippen LogP contribution in [-0.2, 0) is 22.4 Å². The van der Waals surface area contributed by atoms with Crippen LogP contribution in [0, 0.1) is 6.92 Å². The lowest BCUT2D eigenvalue weighted by molar-refractivity contribution is -0.136. The molecule has 0 unspecified atom stereocenters. The summed E-state index contributed by atoms with van der Waals surface area (Å²) in [6.45, 7) is 4.36. The van der Waals surface area contributed by atoms with Gasteiger partial charge < -0.3 is 10.6 Å². The Labute approximate surface area is 184 Å². The highest BCUT2D eigenvalue weighted by atomic mass is 32.1. The third-order valence-corrected chi connectivity index (χ3v) is 5.81. The van der Waals surface area contributed by atoms with Crippen molar-refractivity contribution in [2.24, 2.45) is 0 Å². The van der Waals surface area contributed by atoms with Gasteiger partial charge in [-0.3, -0.25) is 9.59 Å². The van der Waals surface area contributed by atoms with Crippen LogP contribution in [0.4, 0.5) is 5.69 Å². The first-order valence-corrected chi connectivity index (χ1v) is 11.0. The van der Waals surface area contributed by atoms with Crippen LogP contribution in [0.25, 0.3) is 16.3 Å². The van der Waals surface area contributed by atoms with Gasteiger partial charge in [-0.05, 0) is 31.0 Å². The van der Waals surface area contributed by atoms with Gasteiger partial charge in [-0.1, -0.05) is 48.9 Å². The van der Waals surface area contributed by atoms with Crippen LogP contribution in [-0.4, -0.2) is 33.0 Å². The second-order valence-corrected chi connectivity index (χ2v) is 8.03. The minimum Gasteiger partial charge on any atom is -0.347 e. The van der Waals surface area contributed by atoms with Gasteiger partial charge in [0.05, 0.1) is 5.69 Å². The Kier molecular flexibility index (Phi) is 6.08. The molecule has 31 heavy (non-hydrogen) atoms. The fourth-order valence-corrected chi connectivity index (χ4v) is 4.17. The van der Waals surface area contributed by atoms with E-state index < -0.39 is 11.8 Å². The molecule has 2 aromatic carbocycles. The molecule has 2 heterocycles. The molecule has 0 spiro atoms. The number of carbonyl (C=O) groups is 2.